The Balaban J connectivity index is 2.09. The summed E-state index contributed by atoms with van der Waals surface area (Å²) < 4.78 is 23.7. The van der Waals surface area contributed by atoms with Crippen molar-refractivity contribution in [2.24, 2.45) is 0 Å². The molecule has 0 aromatic heterocycles. The molecule has 4 nitrogen and oxygen atoms in total. The number of amides is 1. The largest absolute Gasteiger partial charge is 0.441 e. The smallest absolute Gasteiger partial charge is 0.414 e. The maximum atomic E-state index is 13.5. The molecule has 0 radical (unpaired) electrons. The fourth-order valence-electron chi connectivity index (χ4n) is 1.71. The zero-order chi connectivity index (χ0) is 13.1. The number of carbonyl (C=O) groups excluding carboxylic acids is 1. The van der Waals surface area contributed by atoms with Crippen LogP contribution in [0.2, 0.25) is 0 Å². The van der Waals surface area contributed by atoms with Crippen LogP contribution < -0.4 is 4.90 Å². The topological polar surface area (TPSA) is 38.8 Å². The third kappa shape index (κ3) is 2.76. The van der Waals surface area contributed by atoms with Crippen LogP contribution in [-0.2, 0) is 8.92 Å². The third-order valence-corrected chi connectivity index (χ3v) is 3.08. The molecule has 98 valence electrons. The summed E-state index contributed by atoms with van der Waals surface area (Å²) in [4.78, 5) is 13.1. The molecule has 1 fully saturated rings. The van der Waals surface area contributed by atoms with E-state index in [4.69, 9.17) is 8.92 Å². The van der Waals surface area contributed by atoms with E-state index in [1.54, 1.807) is 25.3 Å². The van der Waals surface area contributed by atoms with Gasteiger partial charge in [-0.15, -0.1) is 0 Å². The molecule has 1 amide bonds. The fourth-order valence-corrected chi connectivity index (χ4v) is 2.00. The van der Waals surface area contributed by atoms with E-state index < -0.39 is 6.09 Å². The number of halogens is 1. The van der Waals surface area contributed by atoms with Crippen molar-refractivity contribution in [1.82, 2.24) is 0 Å². The van der Waals surface area contributed by atoms with Crippen molar-refractivity contribution in [3.8, 4) is 0 Å². The van der Waals surface area contributed by atoms with Crippen molar-refractivity contribution in [3.05, 3.63) is 29.6 Å². The van der Waals surface area contributed by atoms with Crippen LogP contribution >= 0.6 is 12.0 Å². The Kier molecular flexibility index (Phi) is 4.08. The molecule has 1 aromatic rings. The fraction of sp³-hybridized carbons (Fsp3) is 0.417. The van der Waals surface area contributed by atoms with Crippen LogP contribution in [0, 0.1) is 12.7 Å². The van der Waals surface area contributed by atoms with Gasteiger partial charge in [-0.3, -0.25) is 4.90 Å². The van der Waals surface area contributed by atoms with Gasteiger partial charge < -0.3 is 8.92 Å². The molecule has 0 aliphatic carbocycles. The summed E-state index contributed by atoms with van der Waals surface area (Å²) in [6, 6.07) is 4.69. The highest BCUT2D eigenvalue weighted by Crippen LogP contribution is 2.24. The lowest BCUT2D eigenvalue weighted by Crippen LogP contribution is -2.25. The van der Waals surface area contributed by atoms with Crippen molar-refractivity contribution in [2.75, 3.05) is 24.3 Å². The quantitative estimate of drug-likeness (QED) is 0.789. The Bertz CT molecular complexity index is 455. The van der Waals surface area contributed by atoms with E-state index >= 15 is 0 Å². The van der Waals surface area contributed by atoms with Crippen molar-refractivity contribution in [3.63, 3.8) is 0 Å². The summed E-state index contributed by atoms with van der Waals surface area (Å²) in [6.07, 6.45) is 1.02. The van der Waals surface area contributed by atoms with Gasteiger partial charge in [0.1, 0.15) is 18.5 Å². The number of aryl methyl sites for hydroxylation is 1. The molecule has 1 unspecified atom stereocenters. The van der Waals surface area contributed by atoms with E-state index in [2.05, 4.69) is 0 Å². The number of anilines is 1. The maximum Gasteiger partial charge on any atom is 0.414 e. The molecule has 1 aliphatic rings. The van der Waals surface area contributed by atoms with Gasteiger partial charge in [0.05, 0.1) is 12.2 Å². The average Bonchev–Trinajstić information content (AvgIpc) is 2.71. The molecular weight excluding hydrogens is 257 g/mol. The van der Waals surface area contributed by atoms with Crippen LogP contribution in [0.25, 0.3) is 0 Å². The predicted molar refractivity (Wildman–Crippen MR) is 68.2 cm³/mol. The Labute approximate surface area is 109 Å². The van der Waals surface area contributed by atoms with Gasteiger partial charge in [-0.1, -0.05) is 6.07 Å². The van der Waals surface area contributed by atoms with Gasteiger partial charge in [0.2, 0.25) is 0 Å². The molecule has 1 saturated heterocycles. The first kappa shape index (κ1) is 13.2. The highest BCUT2D eigenvalue weighted by molar-refractivity contribution is 7.93. The highest BCUT2D eigenvalue weighted by atomic mass is 32.2. The number of cyclic esters (lactones) is 1. The summed E-state index contributed by atoms with van der Waals surface area (Å²) in [5, 5.41) is 0. The molecule has 0 saturated carbocycles. The third-order valence-electron chi connectivity index (χ3n) is 2.71. The number of hydrogen-bond donors (Lipinski definition) is 0. The molecular formula is C12H14FNO3S. The van der Waals surface area contributed by atoms with Crippen LogP contribution in [0.3, 0.4) is 0 Å². The second-order valence-electron chi connectivity index (χ2n) is 4.00. The lowest BCUT2D eigenvalue weighted by Gasteiger charge is -2.13. The van der Waals surface area contributed by atoms with Gasteiger partial charge in [-0.25, -0.2) is 9.18 Å². The summed E-state index contributed by atoms with van der Waals surface area (Å²) >= 11 is 1.22. The van der Waals surface area contributed by atoms with E-state index in [1.807, 2.05) is 0 Å². The Morgan fingerprint density at radius 2 is 2.39 bits per heavy atom. The van der Waals surface area contributed by atoms with Crippen LogP contribution in [0.1, 0.15) is 5.56 Å². The SMILES string of the molecule is CSOCC1CN(c2ccc(C)c(F)c2)C(=O)O1. The Hall–Kier alpha value is -1.27. The van der Waals surface area contributed by atoms with Crippen LogP contribution in [0.4, 0.5) is 14.9 Å². The molecule has 6 heteroatoms. The van der Waals surface area contributed by atoms with Crippen LogP contribution in [0.5, 0.6) is 0 Å². The van der Waals surface area contributed by atoms with Gasteiger partial charge in [-0.05, 0) is 36.7 Å². The van der Waals surface area contributed by atoms with Gasteiger partial charge in [-0.2, -0.15) is 0 Å². The number of benzene rings is 1. The van der Waals surface area contributed by atoms with Crippen molar-refractivity contribution in [1.29, 1.82) is 0 Å². The first-order chi connectivity index (χ1) is 8.61. The molecule has 1 atom stereocenters. The minimum atomic E-state index is -0.465. The second kappa shape index (κ2) is 5.58. The zero-order valence-corrected chi connectivity index (χ0v) is 11.0. The maximum absolute atomic E-state index is 13.5. The minimum Gasteiger partial charge on any atom is -0.441 e. The number of hydrogen-bond acceptors (Lipinski definition) is 4. The van der Waals surface area contributed by atoms with Crippen LogP contribution in [-0.4, -0.2) is 31.6 Å². The number of carbonyl (C=O) groups is 1. The number of rotatable bonds is 4. The van der Waals surface area contributed by atoms with E-state index in [0.717, 1.165) is 0 Å². The molecule has 1 aliphatic heterocycles. The average molecular weight is 271 g/mol. The second-order valence-corrected chi connectivity index (χ2v) is 4.57. The first-order valence-electron chi connectivity index (χ1n) is 5.51. The van der Waals surface area contributed by atoms with E-state index in [-0.39, 0.29) is 11.9 Å². The summed E-state index contributed by atoms with van der Waals surface area (Å²) in [5.74, 6) is -0.330. The van der Waals surface area contributed by atoms with Crippen molar-refractivity contribution >= 4 is 23.8 Å². The van der Waals surface area contributed by atoms with Gasteiger partial charge in [0.15, 0.2) is 0 Å². The van der Waals surface area contributed by atoms with Crippen molar-refractivity contribution < 1.29 is 18.1 Å². The molecule has 0 spiro atoms. The molecule has 0 N–H and O–H groups in total. The first-order valence-corrected chi connectivity index (χ1v) is 6.66. The molecule has 1 heterocycles. The van der Waals surface area contributed by atoms with Gasteiger partial charge >= 0.3 is 6.09 Å². The molecule has 18 heavy (non-hydrogen) atoms. The molecule has 1 aromatic carbocycles. The summed E-state index contributed by atoms with van der Waals surface area (Å²) in [7, 11) is 0. The van der Waals surface area contributed by atoms with Gasteiger partial charge in [0.25, 0.3) is 0 Å². The normalized spacial score (nSPS) is 19.2. The van der Waals surface area contributed by atoms with E-state index in [0.29, 0.717) is 24.4 Å². The Morgan fingerprint density at radius 3 is 3.06 bits per heavy atom. The van der Waals surface area contributed by atoms with Gasteiger partial charge in [0, 0.05) is 6.26 Å². The standard InChI is InChI=1S/C12H14FNO3S/c1-8-3-4-9(5-11(8)13)14-6-10(7-16-18-2)17-12(14)15/h3-5,10H,6-7H2,1-2H3. The lowest BCUT2D eigenvalue weighted by atomic mass is 10.2. The molecule has 0 bridgehead atoms. The van der Waals surface area contributed by atoms with E-state index in [9.17, 15) is 9.18 Å². The number of nitrogens with zero attached hydrogens (tertiary/aromatic N) is 1. The predicted octanol–water partition coefficient (Wildman–Crippen LogP) is 2.75. The summed E-state index contributed by atoms with van der Waals surface area (Å²) in [5.41, 5.74) is 1.06. The molecule has 2 rings (SSSR count). The lowest BCUT2D eigenvalue weighted by molar-refractivity contribution is 0.112. The highest BCUT2D eigenvalue weighted by Gasteiger charge is 2.32. The minimum absolute atomic E-state index is 0.311. The Morgan fingerprint density at radius 1 is 1.61 bits per heavy atom. The van der Waals surface area contributed by atoms with Crippen molar-refractivity contribution in [2.45, 2.75) is 13.0 Å². The van der Waals surface area contributed by atoms with Crippen LogP contribution in [0.15, 0.2) is 18.2 Å². The summed E-state index contributed by atoms with van der Waals surface area (Å²) in [6.45, 7) is 2.39. The number of ether oxygens (including phenoxy) is 1. The zero-order valence-electron chi connectivity index (χ0n) is 10.2. The monoisotopic (exact) mass is 271 g/mol. The van der Waals surface area contributed by atoms with E-state index in [1.165, 1.54) is 23.0 Å².